The van der Waals surface area contributed by atoms with E-state index in [1.54, 1.807) is 6.07 Å². The molecule has 0 saturated heterocycles. The van der Waals surface area contributed by atoms with Gasteiger partial charge in [0.15, 0.2) is 0 Å². The molecule has 2 unspecified atom stereocenters. The van der Waals surface area contributed by atoms with Crippen LogP contribution in [-0.2, 0) is 11.3 Å². The highest BCUT2D eigenvalue weighted by molar-refractivity contribution is 5.86. The second-order valence-corrected chi connectivity index (χ2v) is 8.70. The number of aromatic nitrogens is 2. The van der Waals surface area contributed by atoms with Crippen LogP contribution in [0.1, 0.15) is 37.7 Å². The summed E-state index contributed by atoms with van der Waals surface area (Å²) in [5, 5.41) is 33.3. The molecule has 0 spiro atoms. The second kappa shape index (κ2) is 10.3. The van der Waals surface area contributed by atoms with E-state index < -0.39 is 18.2 Å². The van der Waals surface area contributed by atoms with Crippen molar-refractivity contribution in [2.75, 3.05) is 6.54 Å². The number of benzene rings is 1. The Kier molecular flexibility index (Phi) is 7.26. The molecule has 0 aliphatic heterocycles. The van der Waals surface area contributed by atoms with Crippen molar-refractivity contribution in [2.24, 2.45) is 0 Å². The second-order valence-electron chi connectivity index (χ2n) is 8.70. The monoisotopic (exact) mass is 469 g/mol. The molecule has 4 rings (SSSR count). The summed E-state index contributed by atoms with van der Waals surface area (Å²) >= 11 is 0. The standard InChI is InChI=1S/C25H28FN3O5/c26-20-2-1-3-21-18(20)12-19(25(34)29-21)23-9-15-5-4-14(8-22(15)28-23)13-27-7-6-16(30)10-17(31)11-24(32)33/h3-5,8-9,12,16-17,27-28,30-31H,1-2,6-7,10-11,13H2,(H,29,34)(H,32,33). The molecule has 180 valence electrons. The van der Waals surface area contributed by atoms with Crippen molar-refractivity contribution >= 4 is 28.8 Å². The normalized spacial score (nSPS) is 15.1. The number of aliphatic hydroxyl groups is 2. The van der Waals surface area contributed by atoms with Gasteiger partial charge in [-0.2, -0.15) is 0 Å². The maximum absolute atomic E-state index is 14.3. The molecule has 1 aliphatic carbocycles. The number of H-pyrrole nitrogens is 2. The van der Waals surface area contributed by atoms with Gasteiger partial charge in [-0.25, -0.2) is 4.39 Å². The summed E-state index contributed by atoms with van der Waals surface area (Å²) in [6.07, 6.45) is 0.919. The zero-order valence-electron chi connectivity index (χ0n) is 18.6. The van der Waals surface area contributed by atoms with Crippen LogP contribution in [0.15, 0.2) is 35.1 Å². The molecule has 3 aromatic rings. The van der Waals surface area contributed by atoms with Crippen LogP contribution >= 0.6 is 0 Å². The highest BCUT2D eigenvalue weighted by atomic mass is 19.1. The van der Waals surface area contributed by atoms with Gasteiger partial charge in [0.2, 0.25) is 0 Å². The van der Waals surface area contributed by atoms with Gasteiger partial charge in [-0.1, -0.05) is 18.2 Å². The number of halogens is 1. The predicted molar refractivity (Wildman–Crippen MR) is 127 cm³/mol. The number of aliphatic hydroxyl groups excluding tert-OH is 2. The van der Waals surface area contributed by atoms with Crippen molar-refractivity contribution < 1.29 is 24.5 Å². The van der Waals surface area contributed by atoms with E-state index in [0.29, 0.717) is 54.2 Å². The summed E-state index contributed by atoms with van der Waals surface area (Å²) in [7, 11) is 0. The van der Waals surface area contributed by atoms with Crippen molar-refractivity contribution in [3.8, 4) is 11.3 Å². The highest BCUT2D eigenvalue weighted by Gasteiger charge is 2.15. The van der Waals surface area contributed by atoms with Gasteiger partial charge in [-0.15, -0.1) is 0 Å². The third-order valence-corrected chi connectivity index (χ3v) is 5.99. The van der Waals surface area contributed by atoms with E-state index in [4.69, 9.17) is 5.11 Å². The Morgan fingerprint density at radius 3 is 2.76 bits per heavy atom. The van der Waals surface area contributed by atoms with E-state index >= 15 is 0 Å². The van der Waals surface area contributed by atoms with Gasteiger partial charge in [0.1, 0.15) is 5.83 Å². The van der Waals surface area contributed by atoms with E-state index in [0.717, 1.165) is 16.5 Å². The lowest BCUT2D eigenvalue weighted by Gasteiger charge is -2.14. The first-order chi connectivity index (χ1) is 16.3. The number of pyridine rings is 1. The number of carboxylic acid groups (broad SMARTS) is 1. The summed E-state index contributed by atoms with van der Waals surface area (Å²) in [6.45, 7) is 1.04. The van der Waals surface area contributed by atoms with Crippen LogP contribution in [0, 0.1) is 0 Å². The van der Waals surface area contributed by atoms with E-state index in [-0.39, 0.29) is 24.2 Å². The smallest absolute Gasteiger partial charge is 0.305 e. The number of hydrogen-bond donors (Lipinski definition) is 6. The first-order valence-corrected chi connectivity index (χ1v) is 11.3. The zero-order valence-corrected chi connectivity index (χ0v) is 18.6. The van der Waals surface area contributed by atoms with Crippen molar-refractivity contribution in [3.05, 3.63) is 56.8 Å². The lowest BCUT2D eigenvalue weighted by atomic mass is 10.1. The molecule has 2 atom stereocenters. The fourth-order valence-corrected chi connectivity index (χ4v) is 4.26. The molecule has 0 amide bonds. The molecule has 0 saturated carbocycles. The molecular weight excluding hydrogens is 441 g/mol. The first kappa shape index (κ1) is 23.9. The zero-order chi connectivity index (χ0) is 24.2. The number of rotatable bonds is 10. The first-order valence-electron chi connectivity index (χ1n) is 11.3. The Morgan fingerprint density at radius 1 is 1.15 bits per heavy atom. The molecule has 2 heterocycles. The quantitative estimate of drug-likeness (QED) is 0.247. The average molecular weight is 470 g/mol. The molecule has 8 nitrogen and oxygen atoms in total. The Labute approximate surface area is 194 Å². The van der Waals surface area contributed by atoms with Crippen LogP contribution in [0.2, 0.25) is 0 Å². The SMILES string of the molecule is O=C(O)CC(O)CC(O)CCNCc1ccc2cc(-c3cc4c([nH]c3=O)=CCCC=4F)[nH]c2c1. The third kappa shape index (κ3) is 5.61. The number of carbonyl (C=O) groups is 1. The maximum atomic E-state index is 14.3. The Balaban J connectivity index is 1.41. The topological polar surface area (TPSA) is 138 Å². The van der Waals surface area contributed by atoms with Crippen LogP contribution in [0.3, 0.4) is 0 Å². The Hall–Kier alpha value is -3.27. The number of fused-ring (bicyclic) bond motifs is 2. The van der Waals surface area contributed by atoms with E-state index in [9.17, 15) is 24.2 Å². The third-order valence-electron chi connectivity index (χ3n) is 5.99. The number of nitrogens with one attached hydrogen (secondary N) is 3. The van der Waals surface area contributed by atoms with Gasteiger partial charge in [0, 0.05) is 34.4 Å². The number of aliphatic carboxylic acids is 1. The molecule has 9 heteroatoms. The van der Waals surface area contributed by atoms with Crippen LogP contribution in [-0.4, -0.2) is 50.0 Å². The lowest BCUT2D eigenvalue weighted by Crippen LogP contribution is -2.37. The summed E-state index contributed by atoms with van der Waals surface area (Å²) in [6, 6.07) is 9.33. The van der Waals surface area contributed by atoms with Crippen molar-refractivity contribution in [3.63, 3.8) is 0 Å². The molecule has 1 aromatic carbocycles. The number of carboxylic acids is 1. The fraction of sp³-hybridized carbons (Fsp3) is 0.360. The minimum Gasteiger partial charge on any atom is -0.481 e. The Morgan fingerprint density at radius 2 is 1.97 bits per heavy atom. The summed E-state index contributed by atoms with van der Waals surface area (Å²) in [4.78, 5) is 29.2. The summed E-state index contributed by atoms with van der Waals surface area (Å²) < 4.78 is 14.3. The average Bonchev–Trinajstić information content (AvgIpc) is 3.19. The van der Waals surface area contributed by atoms with Gasteiger partial charge in [-0.3, -0.25) is 9.59 Å². The number of aromatic amines is 2. The fourth-order valence-electron chi connectivity index (χ4n) is 4.26. The van der Waals surface area contributed by atoms with Gasteiger partial charge in [-0.05, 0) is 49.6 Å². The van der Waals surface area contributed by atoms with Crippen molar-refractivity contribution in [2.45, 2.75) is 50.9 Å². The molecule has 0 bridgehead atoms. The highest BCUT2D eigenvalue weighted by Crippen LogP contribution is 2.22. The molecule has 1 aliphatic rings. The molecule has 0 fully saturated rings. The Bertz CT molecular complexity index is 1380. The summed E-state index contributed by atoms with van der Waals surface area (Å²) in [5.74, 6) is -1.32. The minimum atomic E-state index is -1.10. The molecule has 6 N–H and O–H groups in total. The van der Waals surface area contributed by atoms with Gasteiger partial charge >= 0.3 is 5.97 Å². The van der Waals surface area contributed by atoms with Gasteiger partial charge in [0.25, 0.3) is 5.56 Å². The largest absolute Gasteiger partial charge is 0.481 e. The molecule has 2 aromatic heterocycles. The van der Waals surface area contributed by atoms with Crippen LogP contribution in [0.5, 0.6) is 0 Å². The number of hydrogen-bond acceptors (Lipinski definition) is 5. The van der Waals surface area contributed by atoms with Crippen molar-refractivity contribution in [1.29, 1.82) is 0 Å². The van der Waals surface area contributed by atoms with Crippen LogP contribution in [0.4, 0.5) is 4.39 Å². The predicted octanol–water partition coefficient (Wildman–Crippen LogP) is 1.24. The maximum Gasteiger partial charge on any atom is 0.305 e. The van der Waals surface area contributed by atoms with E-state index in [2.05, 4.69) is 15.3 Å². The molecule has 0 radical (unpaired) electrons. The van der Waals surface area contributed by atoms with Gasteiger partial charge in [0.05, 0.1) is 29.9 Å². The molecule has 34 heavy (non-hydrogen) atoms. The minimum absolute atomic E-state index is 0.0205. The molecular formula is C25H28FN3O5. The van der Waals surface area contributed by atoms with E-state index in [1.165, 1.54) is 0 Å². The lowest BCUT2D eigenvalue weighted by molar-refractivity contribution is -0.139. The summed E-state index contributed by atoms with van der Waals surface area (Å²) in [5.41, 5.74) is 2.57. The van der Waals surface area contributed by atoms with Crippen LogP contribution < -0.4 is 21.4 Å². The van der Waals surface area contributed by atoms with E-state index in [1.807, 2.05) is 30.3 Å². The van der Waals surface area contributed by atoms with Crippen LogP contribution in [0.25, 0.3) is 34.1 Å². The van der Waals surface area contributed by atoms with Crippen molar-refractivity contribution in [1.82, 2.24) is 15.3 Å². The van der Waals surface area contributed by atoms with Gasteiger partial charge < -0.3 is 30.6 Å².